The maximum absolute atomic E-state index is 12.8. The van der Waals surface area contributed by atoms with Crippen molar-refractivity contribution in [1.82, 2.24) is 0 Å². The van der Waals surface area contributed by atoms with Gasteiger partial charge in [0.1, 0.15) is 23.8 Å². The third-order valence-electron chi connectivity index (χ3n) is 2.62. The Hall–Kier alpha value is -0.510. The van der Waals surface area contributed by atoms with Gasteiger partial charge in [-0.05, 0) is 18.2 Å². The van der Waals surface area contributed by atoms with Crippen LogP contribution in [0.4, 0.5) is 4.39 Å². The van der Waals surface area contributed by atoms with Gasteiger partial charge in [0.05, 0.1) is 10.4 Å². The summed E-state index contributed by atoms with van der Waals surface area (Å²) in [5, 5.41) is 0.224. The number of hydrogen-bond donors (Lipinski definition) is 0. The van der Waals surface area contributed by atoms with Gasteiger partial charge in [0.2, 0.25) is 0 Å². The van der Waals surface area contributed by atoms with E-state index in [9.17, 15) is 4.39 Å². The van der Waals surface area contributed by atoms with E-state index in [0.29, 0.717) is 12.2 Å². The number of methoxy groups -OCH3 is 1. The second-order valence-electron chi connectivity index (χ2n) is 3.68. The molecule has 0 heterocycles. The smallest absolute Gasteiger partial charge is 0.138 e. The Labute approximate surface area is 103 Å². The van der Waals surface area contributed by atoms with E-state index >= 15 is 0 Å². The topological polar surface area (TPSA) is 18.5 Å². The summed E-state index contributed by atoms with van der Waals surface area (Å²) in [5.74, 6) is 0.0724. The molecule has 1 aromatic carbocycles. The Bertz CT molecular complexity index is 386. The lowest BCUT2D eigenvalue weighted by atomic mass is 9.91. The predicted molar refractivity (Wildman–Crippen MR) is 60.9 cm³/mol. The van der Waals surface area contributed by atoms with Gasteiger partial charge in [-0.1, -0.05) is 11.6 Å². The van der Waals surface area contributed by atoms with E-state index in [2.05, 4.69) is 0 Å². The Morgan fingerprint density at radius 1 is 1.44 bits per heavy atom. The highest BCUT2D eigenvalue weighted by molar-refractivity contribution is 6.32. The van der Waals surface area contributed by atoms with Gasteiger partial charge in [-0.15, -0.1) is 11.6 Å². The van der Waals surface area contributed by atoms with E-state index in [4.69, 9.17) is 32.7 Å². The third-order valence-corrected chi connectivity index (χ3v) is 3.35. The first-order valence-electron chi connectivity index (χ1n) is 4.90. The highest BCUT2D eigenvalue weighted by Gasteiger charge is 2.42. The van der Waals surface area contributed by atoms with Crippen molar-refractivity contribution in [3.8, 4) is 5.75 Å². The molecule has 88 valence electrons. The summed E-state index contributed by atoms with van der Waals surface area (Å²) in [4.78, 5) is 0. The fourth-order valence-corrected chi connectivity index (χ4v) is 2.33. The number of hydrogen-bond acceptors (Lipinski definition) is 2. The second-order valence-corrected chi connectivity index (χ2v) is 4.65. The van der Waals surface area contributed by atoms with Gasteiger partial charge >= 0.3 is 0 Å². The molecule has 0 aromatic heterocycles. The van der Waals surface area contributed by atoms with Crippen molar-refractivity contribution in [3.05, 3.63) is 29.0 Å². The fraction of sp³-hybridized carbons (Fsp3) is 0.455. The summed E-state index contributed by atoms with van der Waals surface area (Å²) < 4.78 is 23.6. The van der Waals surface area contributed by atoms with Crippen LogP contribution in [0, 0.1) is 5.82 Å². The summed E-state index contributed by atoms with van der Waals surface area (Å²) in [6.07, 6.45) is 0.451. The molecule has 1 aliphatic rings. The van der Waals surface area contributed by atoms with Gasteiger partial charge < -0.3 is 9.47 Å². The van der Waals surface area contributed by atoms with E-state index in [-0.39, 0.29) is 28.4 Å². The maximum Gasteiger partial charge on any atom is 0.138 e. The zero-order valence-electron chi connectivity index (χ0n) is 8.62. The summed E-state index contributed by atoms with van der Waals surface area (Å²) >= 11 is 11.8. The first-order chi connectivity index (χ1) is 7.61. The van der Waals surface area contributed by atoms with Crippen LogP contribution in [0.1, 0.15) is 6.42 Å². The van der Waals surface area contributed by atoms with Gasteiger partial charge in [0.15, 0.2) is 0 Å². The largest absolute Gasteiger partial charge is 0.486 e. The Morgan fingerprint density at radius 3 is 2.75 bits per heavy atom. The molecule has 5 heteroatoms. The van der Waals surface area contributed by atoms with Crippen molar-refractivity contribution in [2.75, 3.05) is 7.11 Å². The van der Waals surface area contributed by atoms with E-state index in [1.54, 1.807) is 7.11 Å². The number of halogens is 3. The van der Waals surface area contributed by atoms with Gasteiger partial charge in [-0.2, -0.15) is 0 Å². The molecule has 1 aliphatic carbocycles. The molecular weight excluding hydrogens is 254 g/mol. The van der Waals surface area contributed by atoms with E-state index in [0.717, 1.165) is 0 Å². The van der Waals surface area contributed by atoms with E-state index < -0.39 is 0 Å². The zero-order valence-corrected chi connectivity index (χ0v) is 10.1. The SMILES string of the molecule is COC1C(Cl)CC1Oc1ccc(F)cc1Cl. The molecule has 0 radical (unpaired) electrons. The minimum absolute atomic E-state index is 0.0331. The number of ether oxygens (including phenoxy) is 2. The van der Waals surface area contributed by atoms with Gasteiger partial charge in [0, 0.05) is 13.5 Å². The highest BCUT2D eigenvalue weighted by Crippen LogP contribution is 2.35. The van der Waals surface area contributed by atoms with Crippen molar-refractivity contribution in [3.63, 3.8) is 0 Å². The fourth-order valence-electron chi connectivity index (χ4n) is 1.68. The molecule has 1 fully saturated rings. The average Bonchev–Trinajstić information content (AvgIpc) is 2.21. The summed E-state index contributed by atoms with van der Waals surface area (Å²) in [6, 6.07) is 4.03. The Kier molecular flexibility index (Phi) is 3.57. The molecule has 0 bridgehead atoms. The standard InChI is InChI=1S/C11H11Cl2FO2/c1-15-11-8(13)5-10(11)16-9-3-2-6(14)4-7(9)12/h2-4,8,10-11H,5H2,1H3. The molecule has 2 nitrogen and oxygen atoms in total. The van der Waals surface area contributed by atoms with Crippen LogP contribution in [0.5, 0.6) is 5.75 Å². The lowest BCUT2D eigenvalue weighted by Crippen LogP contribution is -2.52. The van der Waals surface area contributed by atoms with Crippen molar-refractivity contribution < 1.29 is 13.9 Å². The molecule has 3 unspecified atom stereocenters. The molecule has 1 saturated carbocycles. The van der Waals surface area contributed by atoms with E-state index in [1.165, 1.54) is 18.2 Å². The molecule has 0 spiro atoms. The van der Waals surface area contributed by atoms with Crippen LogP contribution in [0.15, 0.2) is 18.2 Å². The van der Waals surface area contributed by atoms with Gasteiger partial charge in [0.25, 0.3) is 0 Å². The predicted octanol–water partition coefficient (Wildman–Crippen LogP) is 3.25. The number of rotatable bonds is 3. The monoisotopic (exact) mass is 264 g/mol. The summed E-state index contributed by atoms with van der Waals surface area (Å²) in [7, 11) is 1.59. The van der Waals surface area contributed by atoms with Crippen molar-refractivity contribution in [2.24, 2.45) is 0 Å². The lowest BCUT2D eigenvalue weighted by molar-refractivity contribution is -0.0583. The Balaban J connectivity index is 2.04. The van der Waals surface area contributed by atoms with Crippen LogP contribution in [0.3, 0.4) is 0 Å². The third kappa shape index (κ3) is 2.26. The first kappa shape index (κ1) is 12.0. The van der Waals surface area contributed by atoms with Gasteiger partial charge in [-0.3, -0.25) is 0 Å². The molecule has 0 N–H and O–H groups in total. The first-order valence-corrected chi connectivity index (χ1v) is 5.72. The summed E-state index contributed by atoms with van der Waals surface area (Å²) in [6.45, 7) is 0. The van der Waals surface area contributed by atoms with Gasteiger partial charge in [-0.25, -0.2) is 4.39 Å². The summed E-state index contributed by atoms with van der Waals surface area (Å²) in [5.41, 5.74) is 0. The quantitative estimate of drug-likeness (QED) is 0.781. The van der Waals surface area contributed by atoms with Crippen LogP contribution in [0.2, 0.25) is 5.02 Å². The molecule has 0 saturated heterocycles. The van der Waals surface area contributed by atoms with Crippen molar-refractivity contribution in [2.45, 2.75) is 24.0 Å². The Morgan fingerprint density at radius 2 is 2.19 bits per heavy atom. The molecule has 16 heavy (non-hydrogen) atoms. The highest BCUT2D eigenvalue weighted by atomic mass is 35.5. The zero-order chi connectivity index (χ0) is 11.7. The van der Waals surface area contributed by atoms with Crippen molar-refractivity contribution in [1.29, 1.82) is 0 Å². The minimum atomic E-state index is -0.385. The normalized spacial score (nSPS) is 28.6. The van der Waals surface area contributed by atoms with Crippen molar-refractivity contribution >= 4 is 23.2 Å². The number of alkyl halides is 1. The molecular formula is C11H11Cl2FO2. The van der Waals surface area contributed by atoms with Crippen LogP contribution in [0.25, 0.3) is 0 Å². The maximum atomic E-state index is 12.8. The van der Waals surface area contributed by atoms with Crippen LogP contribution >= 0.6 is 23.2 Å². The molecule has 0 aliphatic heterocycles. The average molecular weight is 265 g/mol. The van der Waals surface area contributed by atoms with Crippen LogP contribution in [-0.2, 0) is 4.74 Å². The van der Waals surface area contributed by atoms with E-state index in [1.807, 2.05) is 0 Å². The lowest BCUT2D eigenvalue weighted by Gasteiger charge is -2.39. The molecule has 2 rings (SSSR count). The number of benzene rings is 1. The van der Waals surface area contributed by atoms with Crippen LogP contribution in [-0.4, -0.2) is 24.7 Å². The molecule has 3 atom stereocenters. The molecule has 1 aromatic rings. The minimum Gasteiger partial charge on any atom is -0.486 e. The van der Waals surface area contributed by atoms with Crippen LogP contribution < -0.4 is 4.74 Å². The molecule has 0 amide bonds. The second kappa shape index (κ2) is 4.78.